The average Bonchev–Trinajstić information content (AvgIpc) is 3.64. The molecule has 0 aliphatic carbocycles. The van der Waals surface area contributed by atoms with Crippen molar-refractivity contribution >= 4 is 29.7 Å². The number of aliphatic hydroxyl groups is 1. The fraction of sp³-hybridized carbons (Fsp3) is 0.725. The number of likely N-dealkylation sites (N-methyl/N-ethyl adjacent to an activating group) is 1. The van der Waals surface area contributed by atoms with Crippen LogP contribution in [0.4, 0.5) is 4.79 Å². The number of nitrogens with zero attached hydrogens (tertiary/aromatic N) is 2. The van der Waals surface area contributed by atoms with Crippen molar-refractivity contribution in [2.45, 2.75) is 130 Å². The van der Waals surface area contributed by atoms with Crippen LogP contribution in [0.2, 0.25) is 0 Å². The summed E-state index contributed by atoms with van der Waals surface area (Å²) >= 11 is 0. The van der Waals surface area contributed by atoms with Gasteiger partial charge in [0.05, 0.1) is 48.8 Å². The summed E-state index contributed by atoms with van der Waals surface area (Å²) in [6.45, 7) is 15.1. The minimum atomic E-state index is -1.11. The van der Waals surface area contributed by atoms with E-state index in [1.54, 1.807) is 56.7 Å². The molecule has 1 aromatic rings. The summed E-state index contributed by atoms with van der Waals surface area (Å²) in [4.78, 5) is 70.5. The zero-order valence-electron chi connectivity index (χ0n) is 34.5. The van der Waals surface area contributed by atoms with E-state index in [0.717, 1.165) is 6.42 Å². The lowest BCUT2D eigenvalue weighted by Crippen LogP contribution is -2.59. The largest absolute Gasteiger partial charge is 0.436 e. The maximum absolute atomic E-state index is 14.2. The van der Waals surface area contributed by atoms with Crippen LogP contribution in [-0.2, 0) is 33.4 Å². The van der Waals surface area contributed by atoms with Crippen LogP contribution in [0, 0.1) is 23.7 Å². The number of carbonyl (C=O) groups excluding carboxylic acids is 5. The van der Waals surface area contributed by atoms with Crippen molar-refractivity contribution in [2.24, 2.45) is 23.7 Å². The van der Waals surface area contributed by atoms with Gasteiger partial charge < -0.3 is 45.1 Å². The Bertz CT molecular complexity index is 1360. The number of carbonyl (C=O) groups is 5. The van der Waals surface area contributed by atoms with E-state index < -0.39 is 60.5 Å². The summed E-state index contributed by atoms with van der Waals surface area (Å²) in [6, 6.07) is 6.73. The third-order valence-electron chi connectivity index (χ3n) is 10.8. The average molecular weight is 762 g/mol. The molecule has 2 rings (SSSR count). The molecular weight excluding hydrogens is 694 g/mol. The fourth-order valence-corrected chi connectivity index (χ4v) is 7.31. The van der Waals surface area contributed by atoms with Gasteiger partial charge in [-0.2, -0.15) is 0 Å². The SMILES string of the molecule is CC[C@H](C)C([C@@H](CC(=O)N1CCC[C@H]1[C@H](OC)[C@@H](C)C(=O)N[C@H](C)[C@@H](O)c1ccccc1)OC)N(C)C(=O)C(NC(=O)C(OC(=O)NC)C(C)C)C(C)C. The number of amides is 5. The number of rotatable bonds is 20. The highest BCUT2D eigenvalue weighted by atomic mass is 16.6. The summed E-state index contributed by atoms with van der Waals surface area (Å²) in [7, 11) is 6.12. The molecule has 0 radical (unpaired) electrons. The smallest absolute Gasteiger partial charge is 0.407 e. The van der Waals surface area contributed by atoms with E-state index in [1.165, 1.54) is 21.3 Å². The van der Waals surface area contributed by atoms with Crippen molar-refractivity contribution in [2.75, 3.05) is 34.9 Å². The standard InChI is InChI=1S/C40H67N5O9/c1-13-25(6)33(44(10)39(50)32(23(2)3)43-38(49)35(24(4)5)54-40(51)41-9)30(52-11)22-31(46)45-21-17-20-29(45)36(53-12)26(7)37(48)42-27(8)34(47)28-18-15-14-16-19-28/h14-16,18-19,23-27,29-30,32-36,47H,13,17,20-22H2,1-12H3,(H,41,51)(H,42,48)(H,43,49)/t25-,26+,27+,29-,30+,32?,33?,34+,35?,36+/m0/s1. The predicted molar refractivity (Wildman–Crippen MR) is 206 cm³/mol. The minimum Gasteiger partial charge on any atom is -0.436 e. The monoisotopic (exact) mass is 761 g/mol. The Hall–Kier alpha value is -3.75. The van der Waals surface area contributed by atoms with Crippen molar-refractivity contribution in [3.8, 4) is 0 Å². The van der Waals surface area contributed by atoms with Crippen LogP contribution < -0.4 is 16.0 Å². The molecule has 1 aliphatic rings. The highest BCUT2D eigenvalue weighted by molar-refractivity contribution is 5.90. The molecule has 4 N–H and O–H groups in total. The van der Waals surface area contributed by atoms with Crippen LogP contribution >= 0.6 is 0 Å². The van der Waals surface area contributed by atoms with Gasteiger partial charge in [-0.3, -0.25) is 19.2 Å². The Labute approximate surface area is 322 Å². The summed E-state index contributed by atoms with van der Waals surface area (Å²) in [5, 5.41) is 18.9. The number of methoxy groups -OCH3 is 2. The molecule has 306 valence electrons. The van der Waals surface area contributed by atoms with Gasteiger partial charge in [0.15, 0.2) is 6.10 Å². The number of hydrogen-bond acceptors (Lipinski definition) is 9. The normalized spacial score (nSPS) is 19.5. The first-order valence-electron chi connectivity index (χ1n) is 19.3. The van der Waals surface area contributed by atoms with Crippen LogP contribution in [-0.4, -0.2) is 122 Å². The van der Waals surface area contributed by atoms with Gasteiger partial charge >= 0.3 is 6.09 Å². The van der Waals surface area contributed by atoms with Gasteiger partial charge in [0.2, 0.25) is 17.7 Å². The lowest BCUT2D eigenvalue weighted by atomic mass is 9.89. The molecule has 1 aromatic carbocycles. The van der Waals surface area contributed by atoms with Crippen LogP contribution in [0.25, 0.3) is 0 Å². The first-order chi connectivity index (χ1) is 25.4. The third-order valence-corrected chi connectivity index (χ3v) is 10.8. The third kappa shape index (κ3) is 12.1. The van der Waals surface area contributed by atoms with Gasteiger partial charge in [-0.1, -0.05) is 85.2 Å². The Morgan fingerprint density at radius 1 is 0.926 bits per heavy atom. The number of nitrogens with one attached hydrogen (secondary N) is 3. The molecule has 1 saturated heterocycles. The Balaban J connectivity index is 2.26. The van der Waals surface area contributed by atoms with E-state index >= 15 is 0 Å². The second kappa shape index (κ2) is 22.0. The van der Waals surface area contributed by atoms with E-state index in [2.05, 4.69) is 16.0 Å². The van der Waals surface area contributed by atoms with Crippen LogP contribution in [0.3, 0.4) is 0 Å². The molecule has 1 fully saturated rings. The molecule has 3 unspecified atom stereocenters. The minimum absolute atomic E-state index is 0.0228. The number of aliphatic hydroxyl groups excluding tert-OH is 1. The van der Waals surface area contributed by atoms with Crippen molar-refractivity contribution in [1.29, 1.82) is 0 Å². The van der Waals surface area contributed by atoms with Gasteiger partial charge in [0.1, 0.15) is 6.04 Å². The fourth-order valence-electron chi connectivity index (χ4n) is 7.31. The van der Waals surface area contributed by atoms with E-state index in [9.17, 15) is 29.1 Å². The zero-order valence-corrected chi connectivity index (χ0v) is 34.5. The quantitative estimate of drug-likeness (QED) is 0.155. The van der Waals surface area contributed by atoms with E-state index in [-0.39, 0.29) is 47.9 Å². The van der Waals surface area contributed by atoms with Gasteiger partial charge in [-0.15, -0.1) is 0 Å². The summed E-state index contributed by atoms with van der Waals surface area (Å²) in [6.07, 6.45) is -2.01. The van der Waals surface area contributed by atoms with Gasteiger partial charge in [-0.05, 0) is 43.1 Å². The number of hydrogen-bond donors (Lipinski definition) is 4. The molecule has 14 nitrogen and oxygen atoms in total. The Morgan fingerprint density at radius 3 is 2.07 bits per heavy atom. The van der Waals surface area contributed by atoms with Crippen LogP contribution in [0.5, 0.6) is 0 Å². The van der Waals surface area contributed by atoms with Crippen LogP contribution in [0.1, 0.15) is 92.7 Å². The van der Waals surface area contributed by atoms with Crippen LogP contribution in [0.15, 0.2) is 30.3 Å². The van der Waals surface area contributed by atoms with Crippen molar-refractivity contribution < 1.29 is 43.3 Å². The number of ether oxygens (including phenoxy) is 3. The maximum Gasteiger partial charge on any atom is 0.407 e. The molecule has 1 heterocycles. The number of likely N-dealkylation sites (tertiary alicyclic amines) is 1. The Kier molecular flexibility index (Phi) is 18.9. The number of benzene rings is 1. The molecule has 0 aromatic heterocycles. The number of alkyl carbamates (subject to hydrolysis) is 1. The molecule has 14 heteroatoms. The second-order valence-electron chi connectivity index (χ2n) is 15.3. The zero-order chi connectivity index (χ0) is 40.9. The van der Waals surface area contributed by atoms with E-state index in [0.29, 0.717) is 24.9 Å². The van der Waals surface area contributed by atoms with Crippen molar-refractivity contribution in [3.05, 3.63) is 35.9 Å². The maximum atomic E-state index is 14.2. The predicted octanol–water partition coefficient (Wildman–Crippen LogP) is 3.67. The lowest BCUT2D eigenvalue weighted by molar-refractivity contribution is -0.148. The lowest BCUT2D eigenvalue weighted by Gasteiger charge is -2.41. The molecule has 5 amide bonds. The molecule has 0 saturated carbocycles. The van der Waals surface area contributed by atoms with E-state index in [4.69, 9.17) is 14.2 Å². The van der Waals surface area contributed by atoms with Gasteiger partial charge in [-0.25, -0.2) is 4.79 Å². The van der Waals surface area contributed by atoms with Crippen molar-refractivity contribution in [3.63, 3.8) is 0 Å². The summed E-state index contributed by atoms with van der Waals surface area (Å²) in [5.41, 5.74) is 0.696. The molecule has 54 heavy (non-hydrogen) atoms. The summed E-state index contributed by atoms with van der Waals surface area (Å²) in [5.74, 6) is -2.77. The van der Waals surface area contributed by atoms with Gasteiger partial charge in [0, 0.05) is 34.9 Å². The first-order valence-corrected chi connectivity index (χ1v) is 19.3. The second-order valence-corrected chi connectivity index (χ2v) is 15.3. The topological polar surface area (TPSA) is 176 Å². The summed E-state index contributed by atoms with van der Waals surface area (Å²) < 4.78 is 17.2. The molecular formula is C40H67N5O9. The highest BCUT2D eigenvalue weighted by Crippen LogP contribution is 2.30. The molecule has 10 atom stereocenters. The highest BCUT2D eigenvalue weighted by Gasteiger charge is 2.43. The molecule has 1 aliphatic heterocycles. The molecule has 0 spiro atoms. The first kappa shape index (κ1) is 46.4. The van der Waals surface area contributed by atoms with E-state index in [1.807, 2.05) is 45.9 Å². The van der Waals surface area contributed by atoms with Gasteiger partial charge in [0.25, 0.3) is 5.91 Å². The molecule has 0 bridgehead atoms. The van der Waals surface area contributed by atoms with Crippen molar-refractivity contribution in [1.82, 2.24) is 25.8 Å². The Morgan fingerprint density at radius 2 is 1.56 bits per heavy atom.